The zero-order chi connectivity index (χ0) is 22.4. The van der Waals surface area contributed by atoms with Crippen LogP contribution in [0.3, 0.4) is 0 Å². The van der Waals surface area contributed by atoms with Gasteiger partial charge in [0.15, 0.2) is 0 Å². The van der Waals surface area contributed by atoms with Crippen LogP contribution in [0.4, 0.5) is 4.79 Å². The Morgan fingerprint density at radius 1 is 1.32 bits per heavy atom. The molecule has 2 aromatic heterocycles. The molecule has 3 atom stereocenters. The first-order valence-corrected chi connectivity index (χ1v) is 10.5. The molecule has 0 bridgehead atoms. The first-order valence-electron chi connectivity index (χ1n) is 10.5. The van der Waals surface area contributed by atoms with Crippen LogP contribution in [-0.2, 0) is 9.47 Å². The van der Waals surface area contributed by atoms with Crippen LogP contribution in [0.15, 0.2) is 30.5 Å². The summed E-state index contributed by atoms with van der Waals surface area (Å²) in [5.41, 5.74) is 1.89. The van der Waals surface area contributed by atoms with E-state index in [1.54, 1.807) is 19.4 Å². The number of nitrogens with one attached hydrogen (secondary N) is 1. The number of rotatable bonds is 6. The molecular formula is C23H31N3O5. The van der Waals surface area contributed by atoms with E-state index in [-0.39, 0.29) is 24.9 Å². The van der Waals surface area contributed by atoms with Crippen molar-refractivity contribution in [1.29, 1.82) is 0 Å². The lowest BCUT2D eigenvalue weighted by Gasteiger charge is -2.36. The Hall–Kier alpha value is -2.71. The fourth-order valence-electron chi connectivity index (χ4n) is 3.57. The number of pyridine rings is 2. The largest absolute Gasteiger partial charge is 0.481 e. The SMILES string of the molecule is COc1ccc2nccc(C=C[C@@H]3CC[C@@H](NC(=O)OC(C)(C)C)[C@@H](CCO)O3)c2n1. The number of carbonyl (C=O) groups is 1. The van der Waals surface area contributed by atoms with Gasteiger partial charge in [0.05, 0.1) is 36.4 Å². The highest BCUT2D eigenvalue weighted by Gasteiger charge is 2.32. The van der Waals surface area contributed by atoms with Gasteiger partial charge in [-0.05, 0) is 52.2 Å². The molecule has 3 rings (SSSR count). The number of hydrogen-bond acceptors (Lipinski definition) is 7. The van der Waals surface area contributed by atoms with E-state index >= 15 is 0 Å². The van der Waals surface area contributed by atoms with Crippen molar-refractivity contribution in [2.45, 2.75) is 63.9 Å². The van der Waals surface area contributed by atoms with Gasteiger partial charge in [0.1, 0.15) is 5.60 Å². The third-order valence-corrected chi connectivity index (χ3v) is 4.97. The lowest BCUT2D eigenvalue weighted by atomic mass is 9.96. The monoisotopic (exact) mass is 429 g/mol. The molecule has 8 nitrogen and oxygen atoms in total. The summed E-state index contributed by atoms with van der Waals surface area (Å²) in [7, 11) is 1.58. The minimum Gasteiger partial charge on any atom is -0.481 e. The van der Waals surface area contributed by atoms with Crippen molar-refractivity contribution in [2.75, 3.05) is 13.7 Å². The maximum Gasteiger partial charge on any atom is 0.407 e. The number of ether oxygens (including phenoxy) is 3. The topological polar surface area (TPSA) is 103 Å². The van der Waals surface area contributed by atoms with E-state index in [1.165, 1.54) is 0 Å². The summed E-state index contributed by atoms with van der Waals surface area (Å²) in [6.07, 6.45) is 6.69. The highest BCUT2D eigenvalue weighted by molar-refractivity contribution is 5.84. The van der Waals surface area contributed by atoms with Crippen molar-refractivity contribution in [3.63, 3.8) is 0 Å². The summed E-state index contributed by atoms with van der Waals surface area (Å²) >= 11 is 0. The minimum atomic E-state index is -0.568. The molecular weight excluding hydrogens is 398 g/mol. The van der Waals surface area contributed by atoms with Gasteiger partial charge in [-0.3, -0.25) is 4.98 Å². The second-order valence-corrected chi connectivity index (χ2v) is 8.54. The Bertz CT molecular complexity index is 925. The summed E-state index contributed by atoms with van der Waals surface area (Å²) in [5, 5.41) is 12.3. The van der Waals surface area contributed by atoms with Crippen LogP contribution in [0.25, 0.3) is 17.1 Å². The van der Waals surface area contributed by atoms with Crippen LogP contribution >= 0.6 is 0 Å². The smallest absolute Gasteiger partial charge is 0.407 e. The van der Waals surface area contributed by atoms with Crippen LogP contribution < -0.4 is 10.1 Å². The van der Waals surface area contributed by atoms with Gasteiger partial charge < -0.3 is 24.6 Å². The highest BCUT2D eigenvalue weighted by atomic mass is 16.6. The quantitative estimate of drug-likeness (QED) is 0.725. The molecule has 3 heterocycles. The number of aliphatic hydroxyl groups is 1. The lowest BCUT2D eigenvalue weighted by molar-refractivity contribution is -0.0569. The molecule has 1 saturated heterocycles. The van der Waals surface area contributed by atoms with E-state index in [4.69, 9.17) is 14.2 Å². The van der Waals surface area contributed by atoms with E-state index in [0.29, 0.717) is 12.3 Å². The summed E-state index contributed by atoms with van der Waals surface area (Å²) in [6, 6.07) is 5.34. The molecule has 168 valence electrons. The second-order valence-electron chi connectivity index (χ2n) is 8.54. The molecule has 0 spiro atoms. The van der Waals surface area contributed by atoms with Gasteiger partial charge in [-0.15, -0.1) is 0 Å². The van der Waals surface area contributed by atoms with E-state index < -0.39 is 11.7 Å². The fourth-order valence-corrected chi connectivity index (χ4v) is 3.57. The van der Waals surface area contributed by atoms with E-state index in [1.807, 2.05) is 45.1 Å². The number of hydrogen-bond donors (Lipinski definition) is 2. The van der Waals surface area contributed by atoms with Crippen LogP contribution in [-0.4, -0.2) is 58.7 Å². The molecule has 2 aromatic rings. The van der Waals surface area contributed by atoms with Crippen LogP contribution in [0.2, 0.25) is 0 Å². The minimum absolute atomic E-state index is 0.0215. The second kappa shape index (κ2) is 10.1. The van der Waals surface area contributed by atoms with Crippen molar-refractivity contribution in [3.8, 4) is 5.88 Å². The van der Waals surface area contributed by atoms with Gasteiger partial charge in [-0.25, -0.2) is 9.78 Å². The van der Waals surface area contributed by atoms with E-state index in [0.717, 1.165) is 29.4 Å². The number of methoxy groups -OCH3 is 1. The Labute approximate surface area is 182 Å². The average molecular weight is 430 g/mol. The Kier molecular flexibility index (Phi) is 7.46. The first-order chi connectivity index (χ1) is 14.8. The Morgan fingerprint density at radius 2 is 2.13 bits per heavy atom. The average Bonchev–Trinajstić information content (AvgIpc) is 2.72. The van der Waals surface area contributed by atoms with Gasteiger partial charge >= 0.3 is 6.09 Å². The van der Waals surface area contributed by atoms with Crippen LogP contribution in [0, 0.1) is 0 Å². The van der Waals surface area contributed by atoms with Crippen molar-refractivity contribution in [3.05, 3.63) is 36.0 Å². The molecule has 1 amide bonds. The Balaban J connectivity index is 1.69. The predicted octanol–water partition coefficient (Wildman–Crippen LogP) is 3.47. The number of nitrogens with zero attached hydrogens (tertiary/aromatic N) is 2. The van der Waals surface area contributed by atoms with Crippen molar-refractivity contribution in [2.24, 2.45) is 0 Å². The molecule has 0 saturated carbocycles. The van der Waals surface area contributed by atoms with Crippen LogP contribution in [0.1, 0.15) is 45.6 Å². The number of aromatic nitrogens is 2. The van der Waals surface area contributed by atoms with Gasteiger partial charge in [-0.2, -0.15) is 0 Å². The molecule has 0 radical (unpaired) electrons. The molecule has 0 unspecified atom stereocenters. The zero-order valence-electron chi connectivity index (χ0n) is 18.5. The molecule has 0 aliphatic carbocycles. The fraction of sp³-hybridized carbons (Fsp3) is 0.522. The van der Waals surface area contributed by atoms with Crippen molar-refractivity contribution < 1.29 is 24.1 Å². The number of alkyl carbamates (subject to hydrolysis) is 1. The maximum absolute atomic E-state index is 12.2. The summed E-state index contributed by atoms with van der Waals surface area (Å²) in [4.78, 5) is 21.0. The standard InChI is InChI=1S/C23H31N3O5/c1-23(2,3)31-22(28)25-17-8-7-16(30-19(17)12-14-27)6-5-15-11-13-24-18-9-10-20(29-4)26-21(15)18/h5-6,9-11,13,16-17,19,27H,7-8,12,14H2,1-4H3,(H,25,28)/t16-,17-,19-/m1/s1. The highest BCUT2D eigenvalue weighted by Crippen LogP contribution is 2.25. The molecule has 8 heteroatoms. The lowest BCUT2D eigenvalue weighted by Crippen LogP contribution is -2.50. The molecule has 2 N–H and O–H groups in total. The number of carbonyl (C=O) groups excluding carboxylic acids is 1. The summed E-state index contributed by atoms with van der Waals surface area (Å²) in [5.74, 6) is 0.531. The zero-order valence-corrected chi connectivity index (χ0v) is 18.5. The van der Waals surface area contributed by atoms with E-state index in [9.17, 15) is 9.90 Å². The third-order valence-electron chi connectivity index (χ3n) is 4.97. The predicted molar refractivity (Wildman–Crippen MR) is 118 cm³/mol. The van der Waals surface area contributed by atoms with Gasteiger partial charge in [0, 0.05) is 24.4 Å². The number of amides is 1. The summed E-state index contributed by atoms with van der Waals surface area (Å²) < 4.78 is 16.8. The first kappa shape index (κ1) is 23.0. The molecule has 0 aromatic carbocycles. The molecule has 1 aliphatic rings. The maximum atomic E-state index is 12.2. The Morgan fingerprint density at radius 3 is 2.84 bits per heavy atom. The molecule has 1 aliphatic heterocycles. The third kappa shape index (κ3) is 6.38. The molecule has 1 fully saturated rings. The number of fused-ring (bicyclic) bond motifs is 1. The number of aliphatic hydroxyl groups excluding tert-OH is 1. The van der Waals surface area contributed by atoms with Crippen molar-refractivity contribution >= 4 is 23.2 Å². The summed E-state index contributed by atoms with van der Waals surface area (Å²) in [6.45, 7) is 5.45. The van der Waals surface area contributed by atoms with Gasteiger partial charge in [0.2, 0.25) is 5.88 Å². The van der Waals surface area contributed by atoms with Gasteiger partial charge in [0.25, 0.3) is 0 Å². The molecule has 31 heavy (non-hydrogen) atoms. The van der Waals surface area contributed by atoms with Gasteiger partial charge in [-0.1, -0.05) is 12.2 Å². The normalized spacial score (nSPS) is 21.9. The van der Waals surface area contributed by atoms with Crippen LogP contribution in [0.5, 0.6) is 5.88 Å². The van der Waals surface area contributed by atoms with Crippen molar-refractivity contribution in [1.82, 2.24) is 15.3 Å². The van der Waals surface area contributed by atoms with E-state index in [2.05, 4.69) is 15.3 Å².